The molecule has 0 unspecified atom stereocenters. The van der Waals surface area contributed by atoms with E-state index in [0.29, 0.717) is 26.4 Å². The lowest BCUT2D eigenvalue weighted by atomic mass is 10.0. The van der Waals surface area contributed by atoms with Gasteiger partial charge in [-0.15, -0.1) is 0 Å². The van der Waals surface area contributed by atoms with E-state index in [0.717, 1.165) is 22.4 Å². The Hall–Kier alpha value is -1.88. The average Bonchev–Trinajstić information content (AvgIpc) is 3.06. The van der Waals surface area contributed by atoms with E-state index in [4.69, 9.17) is 18.9 Å². The Morgan fingerprint density at radius 2 is 1.59 bits per heavy atom. The van der Waals surface area contributed by atoms with E-state index in [1.54, 1.807) is 0 Å². The summed E-state index contributed by atoms with van der Waals surface area (Å²) in [6, 6.07) is 16.4. The Labute approximate surface area is 129 Å². The second-order valence-corrected chi connectivity index (χ2v) is 5.50. The van der Waals surface area contributed by atoms with Crippen LogP contribution in [-0.4, -0.2) is 32.5 Å². The Bertz CT molecular complexity index is 645. The van der Waals surface area contributed by atoms with Gasteiger partial charge in [0.05, 0.1) is 26.4 Å². The molecule has 0 bridgehead atoms. The first-order valence-corrected chi connectivity index (χ1v) is 7.56. The van der Waals surface area contributed by atoms with Crippen LogP contribution in [0.1, 0.15) is 11.9 Å². The molecule has 2 saturated heterocycles. The lowest BCUT2D eigenvalue weighted by molar-refractivity contribution is -0.0796. The van der Waals surface area contributed by atoms with Gasteiger partial charge >= 0.3 is 0 Å². The standard InChI is InChI=1S/C18H18O4/c1-3-13(9-15(5-1)18-20-7-8-21-18)14-4-2-6-16(10-14)22-17-11-19-12-17/h1-6,9-10,17-18H,7-8,11-12H2. The molecule has 0 aromatic heterocycles. The molecule has 0 N–H and O–H groups in total. The van der Waals surface area contributed by atoms with E-state index in [2.05, 4.69) is 24.3 Å². The van der Waals surface area contributed by atoms with Crippen LogP contribution >= 0.6 is 0 Å². The minimum Gasteiger partial charge on any atom is -0.486 e. The zero-order valence-corrected chi connectivity index (χ0v) is 12.2. The molecule has 22 heavy (non-hydrogen) atoms. The minimum absolute atomic E-state index is 0.182. The summed E-state index contributed by atoms with van der Waals surface area (Å²) < 4.78 is 22.1. The predicted molar refractivity (Wildman–Crippen MR) is 81.8 cm³/mol. The smallest absolute Gasteiger partial charge is 0.184 e. The van der Waals surface area contributed by atoms with Crippen LogP contribution in [-0.2, 0) is 14.2 Å². The topological polar surface area (TPSA) is 36.9 Å². The Kier molecular flexibility index (Phi) is 3.81. The normalized spacial score (nSPS) is 19.1. The molecular weight excluding hydrogens is 280 g/mol. The Morgan fingerprint density at radius 1 is 0.864 bits per heavy atom. The lowest BCUT2D eigenvalue weighted by Crippen LogP contribution is -2.38. The lowest BCUT2D eigenvalue weighted by Gasteiger charge is -2.26. The van der Waals surface area contributed by atoms with E-state index in [1.165, 1.54) is 0 Å². The summed E-state index contributed by atoms with van der Waals surface area (Å²) in [6.07, 6.45) is -0.0617. The van der Waals surface area contributed by atoms with Crippen LogP contribution in [0, 0.1) is 0 Å². The van der Waals surface area contributed by atoms with Gasteiger partial charge < -0.3 is 18.9 Å². The first-order valence-electron chi connectivity index (χ1n) is 7.56. The second-order valence-electron chi connectivity index (χ2n) is 5.50. The molecule has 0 atom stereocenters. The molecule has 0 amide bonds. The summed E-state index contributed by atoms with van der Waals surface area (Å²) in [6.45, 7) is 2.66. The van der Waals surface area contributed by atoms with Crippen LogP contribution < -0.4 is 4.74 Å². The third kappa shape index (κ3) is 2.86. The zero-order valence-electron chi connectivity index (χ0n) is 12.2. The van der Waals surface area contributed by atoms with Crippen LogP contribution in [0.4, 0.5) is 0 Å². The number of rotatable bonds is 4. The maximum Gasteiger partial charge on any atom is 0.184 e. The number of benzene rings is 2. The van der Waals surface area contributed by atoms with Gasteiger partial charge in [0.25, 0.3) is 0 Å². The average molecular weight is 298 g/mol. The summed E-state index contributed by atoms with van der Waals surface area (Å²) in [5.41, 5.74) is 3.30. The number of hydrogen-bond acceptors (Lipinski definition) is 4. The molecule has 4 rings (SSSR count). The quantitative estimate of drug-likeness (QED) is 0.869. The second kappa shape index (κ2) is 6.08. The molecule has 2 heterocycles. The van der Waals surface area contributed by atoms with Crippen molar-refractivity contribution in [1.82, 2.24) is 0 Å². The highest BCUT2D eigenvalue weighted by Gasteiger charge is 2.20. The van der Waals surface area contributed by atoms with E-state index < -0.39 is 0 Å². The van der Waals surface area contributed by atoms with Crippen molar-refractivity contribution in [3.63, 3.8) is 0 Å². The van der Waals surface area contributed by atoms with Gasteiger partial charge in [-0.3, -0.25) is 0 Å². The third-order valence-electron chi connectivity index (χ3n) is 3.86. The van der Waals surface area contributed by atoms with Crippen LogP contribution in [0.15, 0.2) is 48.5 Å². The van der Waals surface area contributed by atoms with E-state index in [1.807, 2.05) is 24.3 Å². The SMILES string of the molecule is c1cc(OC2COC2)cc(-c2cccc(C3OCCO3)c2)c1. The van der Waals surface area contributed by atoms with Crippen molar-refractivity contribution in [3.05, 3.63) is 54.1 Å². The highest BCUT2D eigenvalue weighted by atomic mass is 16.7. The Morgan fingerprint density at radius 3 is 2.32 bits per heavy atom. The van der Waals surface area contributed by atoms with Gasteiger partial charge in [0.2, 0.25) is 0 Å². The molecule has 2 aliphatic heterocycles. The van der Waals surface area contributed by atoms with Gasteiger partial charge in [0.1, 0.15) is 11.9 Å². The summed E-state index contributed by atoms with van der Waals surface area (Å²) in [7, 11) is 0. The molecule has 0 saturated carbocycles. The van der Waals surface area contributed by atoms with Crippen molar-refractivity contribution >= 4 is 0 Å². The predicted octanol–water partition coefficient (Wildman–Crippen LogP) is 3.18. The molecule has 4 heteroatoms. The van der Waals surface area contributed by atoms with Gasteiger partial charge in [-0.05, 0) is 29.3 Å². The Balaban J connectivity index is 1.57. The van der Waals surface area contributed by atoms with Gasteiger partial charge in [0, 0.05) is 5.56 Å². The fraction of sp³-hybridized carbons (Fsp3) is 0.333. The fourth-order valence-corrected chi connectivity index (χ4v) is 2.64. The molecule has 114 valence electrons. The molecular formula is C18H18O4. The van der Waals surface area contributed by atoms with Gasteiger partial charge in [-0.1, -0.05) is 30.3 Å². The zero-order chi connectivity index (χ0) is 14.8. The van der Waals surface area contributed by atoms with E-state index in [-0.39, 0.29) is 12.4 Å². The number of hydrogen-bond donors (Lipinski definition) is 0. The first kappa shape index (κ1) is 13.8. The van der Waals surface area contributed by atoms with Gasteiger partial charge in [-0.2, -0.15) is 0 Å². The van der Waals surface area contributed by atoms with Crippen molar-refractivity contribution in [2.75, 3.05) is 26.4 Å². The summed E-state index contributed by atoms with van der Waals surface area (Å²) in [4.78, 5) is 0. The van der Waals surface area contributed by atoms with E-state index in [9.17, 15) is 0 Å². The first-order chi connectivity index (χ1) is 10.9. The van der Waals surface area contributed by atoms with Crippen molar-refractivity contribution in [2.24, 2.45) is 0 Å². The van der Waals surface area contributed by atoms with Crippen molar-refractivity contribution in [1.29, 1.82) is 0 Å². The maximum absolute atomic E-state index is 5.87. The maximum atomic E-state index is 5.87. The largest absolute Gasteiger partial charge is 0.486 e. The summed E-state index contributed by atoms with van der Waals surface area (Å²) in [5, 5.41) is 0. The van der Waals surface area contributed by atoms with Crippen LogP contribution in [0.2, 0.25) is 0 Å². The summed E-state index contributed by atoms with van der Waals surface area (Å²) >= 11 is 0. The van der Waals surface area contributed by atoms with Gasteiger partial charge in [-0.25, -0.2) is 0 Å². The van der Waals surface area contributed by atoms with Crippen molar-refractivity contribution in [3.8, 4) is 16.9 Å². The fourth-order valence-electron chi connectivity index (χ4n) is 2.64. The minimum atomic E-state index is -0.244. The van der Waals surface area contributed by atoms with Crippen molar-refractivity contribution in [2.45, 2.75) is 12.4 Å². The van der Waals surface area contributed by atoms with Gasteiger partial charge in [0.15, 0.2) is 6.29 Å². The third-order valence-corrected chi connectivity index (χ3v) is 3.86. The summed E-state index contributed by atoms with van der Waals surface area (Å²) in [5.74, 6) is 0.879. The highest BCUT2D eigenvalue weighted by Crippen LogP contribution is 2.29. The molecule has 2 aliphatic rings. The van der Waals surface area contributed by atoms with Crippen LogP contribution in [0.25, 0.3) is 11.1 Å². The molecule has 0 radical (unpaired) electrons. The van der Waals surface area contributed by atoms with E-state index >= 15 is 0 Å². The molecule has 0 spiro atoms. The molecule has 2 aromatic rings. The molecule has 4 nitrogen and oxygen atoms in total. The molecule has 2 aromatic carbocycles. The van der Waals surface area contributed by atoms with Crippen molar-refractivity contribution < 1.29 is 18.9 Å². The molecule has 0 aliphatic carbocycles. The highest BCUT2D eigenvalue weighted by molar-refractivity contribution is 5.65. The number of ether oxygens (including phenoxy) is 4. The molecule has 2 fully saturated rings. The van der Waals surface area contributed by atoms with Crippen LogP contribution in [0.5, 0.6) is 5.75 Å². The monoisotopic (exact) mass is 298 g/mol. The van der Waals surface area contributed by atoms with Crippen LogP contribution in [0.3, 0.4) is 0 Å².